The van der Waals surface area contributed by atoms with Gasteiger partial charge in [-0.05, 0) is 17.7 Å². The van der Waals surface area contributed by atoms with Crippen molar-refractivity contribution in [2.75, 3.05) is 0 Å². The zero-order chi connectivity index (χ0) is 10.0. The number of nitro groups is 1. The summed E-state index contributed by atoms with van der Waals surface area (Å²) in [6, 6.07) is 2.28. The molecule has 0 unspecified atom stereocenters. The number of nitrogens with two attached hydrogens (primary N) is 1. The van der Waals surface area contributed by atoms with Gasteiger partial charge in [0.1, 0.15) is 5.02 Å². The van der Waals surface area contributed by atoms with Crippen LogP contribution in [0.25, 0.3) is 0 Å². The van der Waals surface area contributed by atoms with Crippen LogP contribution in [0, 0.1) is 15.9 Å². The molecule has 0 atom stereocenters. The molecule has 0 radical (unpaired) electrons. The van der Waals surface area contributed by atoms with E-state index < -0.39 is 16.4 Å². The van der Waals surface area contributed by atoms with Crippen LogP contribution in [0.5, 0.6) is 0 Å². The first kappa shape index (κ1) is 9.88. The van der Waals surface area contributed by atoms with E-state index in [1.807, 2.05) is 0 Å². The van der Waals surface area contributed by atoms with Crippen LogP contribution >= 0.6 is 11.6 Å². The summed E-state index contributed by atoms with van der Waals surface area (Å²) in [6.07, 6.45) is 0. The Morgan fingerprint density at radius 3 is 2.62 bits per heavy atom. The molecule has 0 aliphatic rings. The van der Waals surface area contributed by atoms with Crippen molar-refractivity contribution in [3.8, 4) is 0 Å². The van der Waals surface area contributed by atoms with Gasteiger partial charge in [0, 0.05) is 6.54 Å². The lowest BCUT2D eigenvalue weighted by molar-refractivity contribution is -0.387. The number of rotatable bonds is 2. The molecule has 0 amide bonds. The predicted molar refractivity (Wildman–Crippen MR) is 46.0 cm³/mol. The maximum absolute atomic E-state index is 13.0. The topological polar surface area (TPSA) is 69.2 Å². The Morgan fingerprint density at radius 1 is 1.62 bits per heavy atom. The Kier molecular flexibility index (Phi) is 2.79. The fourth-order valence-corrected chi connectivity index (χ4v) is 1.21. The lowest BCUT2D eigenvalue weighted by Gasteiger charge is -2.00. The quantitative estimate of drug-likeness (QED) is 0.590. The number of nitro benzene ring substituents is 1. The Bertz CT molecular complexity index is 333. The van der Waals surface area contributed by atoms with Crippen molar-refractivity contribution in [1.82, 2.24) is 0 Å². The van der Waals surface area contributed by atoms with Crippen LogP contribution < -0.4 is 5.73 Å². The third-order valence-corrected chi connectivity index (χ3v) is 1.78. The van der Waals surface area contributed by atoms with Crippen LogP contribution in [0.3, 0.4) is 0 Å². The summed E-state index contributed by atoms with van der Waals surface area (Å²) in [5.74, 6) is -0.960. The molecular formula is C7H6ClFN2O2. The normalized spacial score (nSPS) is 10.1. The van der Waals surface area contributed by atoms with Gasteiger partial charge in [0.2, 0.25) is 5.82 Å². The first-order valence-electron chi connectivity index (χ1n) is 3.38. The van der Waals surface area contributed by atoms with Crippen molar-refractivity contribution in [3.63, 3.8) is 0 Å². The zero-order valence-corrected chi connectivity index (χ0v) is 7.21. The number of hydrogen-bond donors (Lipinski definition) is 1. The molecule has 6 heteroatoms. The molecule has 4 nitrogen and oxygen atoms in total. The van der Waals surface area contributed by atoms with Gasteiger partial charge in [0.15, 0.2) is 0 Å². The molecule has 1 aromatic rings. The van der Waals surface area contributed by atoms with Gasteiger partial charge in [-0.1, -0.05) is 11.6 Å². The fraction of sp³-hybridized carbons (Fsp3) is 0.143. The van der Waals surface area contributed by atoms with E-state index >= 15 is 0 Å². The van der Waals surface area contributed by atoms with Crippen molar-refractivity contribution in [1.29, 1.82) is 0 Å². The molecule has 0 saturated heterocycles. The lowest BCUT2D eigenvalue weighted by Crippen LogP contribution is -2.00. The van der Waals surface area contributed by atoms with Gasteiger partial charge in [0.25, 0.3) is 0 Å². The van der Waals surface area contributed by atoms with Gasteiger partial charge in [0.05, 0.1) is 4.92 Å². The Morgan fingerprint density at radius 2 is 2.23 bits per heavy atom. The standard InChI is InChI=1S/C7H6ClFN2O2/c8-5-1-4(3-10)2-6(9)7(5)11(12)13/h1-2H,3,10H2. The summed E-state index contributed by atoms with van der Waals surface area (Å²) in [4.78, 5) is 9.43. The summed E-state index contributed by atoms with van der Waals surface area (Å²) in [7, 11) is 0. The van der Waals surface area contributed by atoms with Gasteiger partial charge < -0.3 is 5.73 Å². The highest BCUT2D eigenvalue weighted by molar-refractivity contribution is 6.32. The number of halogens is 2. The van der Waals surface area contributed by atoms with E-state index in [1.165, 1.54) is 6.07 Å². The van der Waals surface area contributed by atoms with E-state index in [0.717, 1.165) is 6.07 Å². The average molecular weight is 205 g/mol. The molecule has 0 aliphatic heterocycles. The third-order valence-electron chi connectivity index (χ3n) is 1.49. The van der Waals surface area contributed by atoms with Crippen molar-refractivity contribution in [2.45, 2.75) is 6.54 Å². The molecule has 0 aromatic heterocycles. The van der Waals surface area contributed by atoms with Crippen LogP contribution in [0.15, 0.2) is 12.1 Å². The van der Waals surface area contributed by atoms with E-state index in [4.69, 9.17) is 17.3 Å². The highest BCUT2D eigenvalue weighted by atomic mass is 35.5. The van der Waals surface area contributed by atoms with Gasteiger partial charge in [-0.2, -0.15) is 4.39 Å². The molecular weight excluding hydrogens is 199 g/mol. The molecule has 1 rings (SSSR count). The second-order valence-corrected chi connectivity index (χ2v) is 2.78. The van der Waals surface area contributed by atoms with E-state index in [0.29, 0.717) is 5.56 Å². The SMILES string of the molecule is NCc1cc(F)c([N+](=O)[O-])c(Cl)c1. The number of hydrogen-bond acceptors (Lipinski definition) is 3. The van der Waals surface area contributed by atoms with Crippen LogP contribution in [-0.4, -0.2) is 4.92 Å². The van der Waals surface area contributed by atoms with Gasteiger partial charge in [-0.3, -0.25) is 10.1 Å². The molecule has 13 heavy (non-hydrogen) atoms. The largest absolute Gasteiger partial charge is 0.326 e. The van der Waals surface area contributed by atoms with Crippen molar-refractivity contribution >= 4 is 17.3 Å². The van der Waals surface area contributed by atoms with Gasteiger partial charge in [-0.25, -0.2) is 0 Å². The molecule has 0 saturated carbocycles. The zero-order valence-electron chi connectivity index (χ0n) is 6.46. The van der Waals surface area contributed by atoms with E-state index in [9.17, 15) is 14.5 Å². The first-order chi connectivity index (χ1) is 6.06. The molecule has 0 spiro atoms. The van der Waals surface area contributed by atoms with Crippen molar-refractivity contribution in [2.24, 2.45) is 5.73 Å². The number of nitrogens with zero attached hydrogens (tertiary/aromatic N) is 1. The summed E-state index contributed by atoms with van der Waals surface area (Å²) in [5.41, 5.74) is 4.93. The molecule has 0 aliphatic carbocycles. The maximum atomic E-state index is 13.0. The molecule has 1 aromatic carbocycles. The fourth-order valence-electron chi connectivity index (χ4n) is 0.910. The highest BCUT2D eigenvalue weighted by Gasteiger charge is 2.19. The second kappa shape index (κ2) is 3.68. The van der Waals surface area contributed by atoms with E-state index in [1.54, 1.807) is 0 Å². The van der Waals surface area contributed by atoms with Crippen LogP contribution in [0.1, 0.15) is 5.56 Å². The summed E-state index contributed by atoms with van der Waals surface area (Å²) in [5, 5.41) is 10.1. The van der Waals surface area contributed by atoms with Crippen LogP contribution in [0.4, 0.5) is 10.1 Å². The minimum Gasteiger partial charge on any atom is -0.326 e. The number of benzene rings is 1. The predicted octanol–water partition coefficient (Wildman–Crippen LogP) is 1.85. The summed E-state index contributed by atoms with van der Waals surface area (Å²) < 4.78 is 13.0. The third kappa shape index (κ3) is 1.93. The molecule has 2 N–H and O–H groups in total. The van der Waals surface area contributed by atoms with E-state index in [2.05, 4.69) is 0 Å². The summed E-state index contributed by atoms with van der Waals surface area (Å²) in [6.45, 7) is 0.0919. The van der Waals surface area contributed by atoms with Crippen molar-refractivity contribution < 1.29 is 9.31 Å². The Labute approximate surface area is 78.3 Å². The molecule has 0 heterocycles. The molecule has 0 bridgehead atoms. The molecule has 0 fully saturated rings. The Hall–Kier alpha value is -1.20. The minimum absolute atomic E-state index is 0.0919. The van der Waals surface area contributed by atoms with Crippen LogP contribution in [-0.2, 0) is 6.54 Å². The highest BCUT2D eigenvalue weighted by Crippen LogP contribution is 2.28. The van der Waals surface area contributed by atoms with E-state index in [-0.39, 0.29) is 11.6 Å². The monoisotopic (exact) mass is 204 g/mol. The van der Waals surface area contributed by atoms with Crippen LogP contribution in [0.2, 0.25) is 5.02 Å². The smallest absolute Gasteiger partial charge is 0.323 e. The second-order valence-electron chi connectivity index (χ2n) is 2.37. The van der Waals surface area contributed by atoms with Crippen molar-refractivity contribution in [3.05, 3.63) is 38.7 Å². The molecule has 70 valence electrons. The van der Waals surface area contributed by atoms with Gasteiger partial charge >= 0.3 is 5.69 Å². The Balaban J connectivity index is 3.31. The van der Waals surface area contributed by atoms with Gasteiger partial charge in [-0.15, -0.1) is 0 Å². The maximum Gasteiger partial charge on any atom is 0.323 e. The summed E-state index contributed by atoms with van der Waals surface area (Å²) >= 11 is 5.47. The average Bonchev–Trinajstić information content (AvgIpc) is 2.02. The minimum atomic E-state index is -0.960. The first-order valence-corrected chi connectivity index (χ1v) is 3.76. The lowest BCUT2D eigenvalue weighted by atomic mass is 10.2.